The highest BCUT2D eigenvalue weighted by Crippen LogP contribution is 2.36. The fourth-order valence-corrected chi connectivity index (χ4v) is 3.82. The van der Waals surface area contributed by atoms with E-state index < -0.39 is 0 Å². The van der Waals surface area contributed by atoms with Crippen molar-refractivity contribution >= 4 is 28.6 Å². The third-order valence-electron chi connectivity index (χ3n) is 3.68. The van der Waals surface area contributed by atoms with Gasteiger partial charge in [0.2, 0.25) is 0 Å². The molecule has 0 bridgehead atoms. The molecule has 19 heavy (non-hydrogen) atoms. The summed E-state index contributed by atoms with van der Waals surface area (Å²) in [5.41, 5.74) is 3.04. The van der Waals surface area contributed by atoms with Crippen LogP contribution in [-0.2, 0) is 6.42 Å². The van der Waals surface area contributed by atoms with Crippen molar-refractivity contribution in [1.82, 2.24) is 0 Å². The van der Waals surface area contributed by atoms with Gasteiger partial charge in [0.25, 0.3) is 0 Å². The average Bonchev–Trinajstić information content (AvgIpc) is 2.88. The maximum Gasteiger partial charge on any atom is 0.101 e. The summed E-state index contributed by atoms with van der Waals surface area (Å²) in [5, 5.41) is 11.6. The van der Waals surface area contributed by atoms with Crippen LogP contribution < -0.4 is 4.90 Å². The van der Waals surface area contributed by atoms with Gasteiger partial charge < -0.3 is 4.90 Å². The summed E-state index contributed by atoms with van der Waals surface area (Å²) >= 11 is 7.97. The number of rotatable bonds is 1. The van der Waals surface area contributed by atoms with Crippen LogP contribution in [0.5, 0.6) is 0 Å². The quantitative estimate of drug-likeness (QED) is 0.778. The molecular weight excluding hydrogens is 276 g/mol. The molecule has 2 heterocycles. The molecule has 2 nitrogen and oxygen atoms in total. The molecule has 1 aromatic heterocycles. The van der Waals surface area contributed by atoms with E-state index in [2.05, 4.69) is 29.3 Å². The molecule has 96 valence electrons. The van der Waals surface area contributed by atoms with Gasteiger partial charge in [-0.2, -0.15) is 5.26 Å². The second kappa shape index (κ2) is 4.88. The predicted octanol–water partition coefficient (Wildman–Crippen LogP) is 4.40. The van der Waals surface area contributed by atoms with Crippen molar-refractivity contribution in [2.24, 2.45) is 0 Å². The van der Waals surface area contributed by atoms with E-state index in [-0.39, 0.29) is 0 Å². The molecule has 1 aliphatic heterocycles. The molecule has 0 radical (unpaired) electrons. The molecule has 1 aliphatic rings. The van der Waals surface area contributed by atoms with Crippen LogP contribution in [0.1, 0.15) is 29.0 Å². The zero-order valence-electron chi connectivity index (χ0n) is 10.6. The third-order valence-corrected chi connectivity index (χ3v) is 4.99. The summed E-state index contributed by atoms with van der Waals surface area (Å²) in [5.74, 6) is 0. The van der Waals surface area contributed by atoms with E-state index in [9.17, 15) is 0 Å². The third kappa shape index (κ3) is 2.11. The van der Waals surface area contributed by atoms with Crippen molar-refractivity contribution in [2.75, 3.05) is 11.4 Å². The number of fused-ring (bicyclic) bond motifs is 1. The van der Waals surface area contributed by atoms with Crippen LogP contribution in [0.25, 0.3) is 0 Å². The van der Waals surface area contributed by atoms with E-state index in [4.69, 9.17) is 16.9 Å². The van der Waals surface area contributed by atoms with Gasteiger partial charge in [-0.3, -0.25) is 0 Å². The van der Waals surface area contributed by atoms with E-state index in [1.54, 1.807) is 6.07 Å². The molecule has 0 spiro atoms. The van der Waals surface area contributed by atoms with Crippen LogP contribution in [0.2, 0.25) is 5.02 Å². The number of thiophene rings is 1. The Kier molecular flexibility index (Phi) is 3.22. The van der Waals surface area contributed by atoms with Gasteiger partial charge in [0.15, 0.2) is 0 Å². The Morgan fingerprint density at radius 3 is 3.00 bits per heavy atom. The van der Waals surface area contributed by atoms with Crippen LogP contribution in [0, 0.1) is 11.3 Å². The van der Waals surface area contributed by atoms with Gasteiger partial charge in [-0.05, 0) is 48.6 Å². The summed E-state index contributed by atoms with van der Waals surface area (Å²) < 4.78 is 0. The number of hydrogen-bond acceptors (Lipinski definition) is 3. The van der Waals surface area contributed by atoms with Crippen LogP contribution in [-0.4, -0.2) is 6.54 Å². The number of nitrogens with zero attached hydrogens (tertiary/aromatic N) is 2. The summed E-state index contributed by atoms with van der Waals surface area (Å²) in [6.07, 6.45) is 1.08. The lowest BCUT2D eigenvalue weighted by atomic mass is 10.0. The van der Waals surface area contributed by atoms with Crippen LogP contribution in [0.15, 0.2) is 29.6 Å². The number of anilines is 1. The van der Waals surface area contributed by atoms with E-state index in [0.717, 1.165) is 18.7 Å². The lowest BCUT2D eigenvalue weighted by Gasteiger charge is -2.35. The number of hydrogen-bond donors (Lipinski definition) is 0. The normalized spacial score (nSPS) is 17.9. The first-order valence-corrected chi connectivity index (χ1v) is 7.49. The van der Waals surface area contributed by atoms with E-state index in [1.165, 1.54) is 10.4 Å². The standard InChI is InChI=1S/C15H13ClN2S/c1-10-13-5-7-19-15(13)4-6-18(10)12-3-2-11(9-17)14(16)8-12/h2-3,5,7-8,10H,4,6H2,1H3. The van der Waals surface area contributed by atoms with Crippen molar-refractivity contribution < 1.29 is 0 Å². The van der Waals surface area contributed by atoms with Crippen molar-refractivity contribution in [3.63, 3.8) is 0 Å². The Morgan fingerprint density at radius 2 is 2.26 bits per heavy atom. The molecule has 0 N–H and O–H groups in total. The molecule has 3 rings (SSSR count). The first kappa shape index (κ1) is 12.5. The summed E-state index contributed by atoms with van der Waals surface area (Å²) in [7, 11) is 0. The van der Waals surface area contributed by atoms with Crippen molar-refractivity contribution in [3.8, 4) is 6.07 Å². The van der Waals surface area contributed by atoms with Crippen LogP contribution in [0.4, 0.5) is 5.69 Å². The minimum Gasteiger partial charge on any atom is -0.364 e. The Hall–Kier alpha value is -1.50. The summed E-state index contributed by atoms with van der Waals surface area (Å²) in [6, 6.07) is 10.4. The van der Waals surface area contributed by atoms with Crippen LogP contribution >= 0.6 is 22.9 Å². The lowest BCUT2D eigenvalue weighted by molar-refractivity contribution is 0.633. The second-order valence-electron chi connectivity index (χ2n) is 4.69. The highest BCUT2D eigenvalue weighted by Gasteiger charge is 2.25. The Morgan fingerprint density at radius 1 is 1.42 bits per heavy atom. The fourth-order valence-electron chi connectivity index (χ4n) is 2.64. The first-order chi connectivity index (χ1) is 9.20. The zero-order valence-corrected chi connectivity index (χ0v) is 12.1. The molecule has 0 aliphatic carbocycles. The SMILES string of the molecule is CC1c2ccsc2CCN1c1ccc(C#N)c(Cl)c1. The molecule has 1 unspecified atom stereocenters. The monoisotopic (exact) mass is 288 g/mol. The van der Waals surface area contributed by atoms with E-state index in [1.807, 2.05) is 23.5 Å². The predicted molar refractivity (Wildman–Crippen MR) is 80.0 cm³/mol. The molecular formula is C15H13ClN2S. The molecule has 0 saturated carbocycles. The van der Waals surface area contributed by atoms with E-state index in [0.29, 0.717) is 16.6 Å². The molecule has 1 aromatic carbocycles. The largest absolute Gasteiger partial charge is 0.364 e. The molecule has 2 aromatic rings. The lowest BCUT2D eigenvalue weighted by Crippen LogP contribution is -2.33. The van der Waals surface area contributed by atoms with Crippen LogP contribution in [0.3, 0.4) is 0 Å². The minimum atomic E-state index is 0.360. The van der Waals surface area contributed by atoms with Gasteiger partial charge in [-0.15, -0.1) is 11.3 Å². The number of halogens is 1. The topological polar surface area (TPSA) is 27.0 Å². The van der Waals surface area contributed by atoms with Gasteiger partial charge in [0.05, 0.1) is 16.6 Å². The fraction of sp³-hybridized carbons (Fsp3) is 0.267. The summed E-state index contributed by atoms with van der Waals surface area (Å²) in [4.78, 5) is 3.84. The van der Waals surface area contributed by atoms with Gasteiger partial charge in [0, 0.05) is 17.1 Å². The molecule has 0 amide bonds. The second-order valence-corrected chi connectivity index (χ2v) is 6.10. The van der Waals surface area contributed by atoms with Crippen molar-refractivity contribution in [1.29, 1.82) is 5.26 Å². The van der Waals surface area contributed by atoms with Crippen molar-refractivity contribution in [3.05, 3.63) is 50.7 Å². The molecule has 1 atom stereocenters. The van der Waals surface area contributed by atoms with Gasteiger partial charge >= 0.3 is 0 Å². The average molecular weight is 289 g/mol. The Balaban J connectivity index is 1.96. The maximum absolute atomic E-state index is 8.93. The van der Waals surface area contributed by atoms with E-state index >= 15 is 0 Å². The zero-order chi connectivity index (χ0) is 13.4. The minimum absolute atomic E-state index is 0.360. The smallest absolute Gasteiger partial charge is 0.101 e. The van der Waals surface area contributed by atoms with Gasteiger partial charge in [-0.25, -0.2) is 0 Å². The molecule has 0 fully saturated rings. The van der Waals surface area contributed by atoms with Gasteiger partial charge in [-0.1, -0.05) is 11.6 Å². The van der Waals surface area contributed by atoms with Gasteiger partial charge in [0.1, 0.15) is 6.07 Å². The maximum atomic E-state index is 8.93. The molecule has 4 heteroatoms. The highest BCUT2D eigenvalue weighted by molar-refractivity contribution is 7.10. The first-order valence-electron chi connectivity index (χ1n) is 6.23. The Labute approximate surface area is 121 Å². The highest BCUT2D eigenvalue weighted by atomic mass is 35.5. The molecule has 0 saturated heterocycles. The summed E-state index contributed by atoms with van der Waals surface area (Å²) in [6.45, 7) is 3.22. The Bertz CT molecular complexity index is 656. The number of benzene rings is 1. The number of nitriles is 1. The van der Waals surface area contributed by atoms with Crippen molar-refractivity contribution in [2.45, 2.75) is 19.4 Å².